The van der Waals surface area contributed by atoms with E-state index >= 15 is 0 Å². The number of methoxy groups -OCH3 is 1. The van der Waals surface area contributed by atoms with Gasteiger partial charge < -0.3 is 15.2 Å². The van der Waals surface area contributed by atoms with Crippen LogP contribution in [0.5, 0.6) is 0 Å². The predicted molar refractivity (Wildman–Crippen MR) is 82.0 cm³/mol. The van der Waals surface area contributed by atoms with Crippen LogP contribution in [-0.2, 0) is 11.3 Å². The minimum absolute atomic E-state index is 0.244. The highest BCUT2D eigenvalue weighted by Crippen LogP contribution is 2.18. The summed E-state index contributed by atoms with van der Waals surface area (Å²) < 4.78 is 6.63. The number of rotatable bonds is 8. The molecule has 0 amide bonds. The second-order valence-electron chi connectivity index (χ2n) is 4.74. The minimum atomic E-state index is -0.925. The van der Waals surface area contributed by atoms with Gasteiger partial charge in [0, 0.05) is 26.7 Å². The van der Waals surface area contributed by atoms with Crippen molar-refractivity contribution >= 4 is 21.6 Å². The molecule has 1 unspecified atom stereocenters. The Kier molecular flexibility index (Phi) is 6.38. The molecule has 0 aliphatic carbocycles. The summed E-state index contributed by atoms with van der Waals surface area (Å²) in [7, 11) is 1.59. The highest BCUT2D eigenvalue weighted by atomic mass is 79.9. The molecule has 112 valence electrons. The minimum Gasteiger partial charge on any atom is -0.388 e. The normalized spacial score (nSPS) is 13.8. The first-order chi connectivity index (χ1) is 9.41. The number of anilines is 1. The number of nitrogens with zero attached hydrogens (tertiary/aromatic N) is 2. The molecule has 0 fully saturated rings. The average Bonchev–Trinajstić information content (AvgIpc) is 2.41. The van der Waals surface area contributed by atoms with Crippen LogP contribution in [0.4, 0.5) is 5.69 Å². The summed E-state index contributed by atoms with van der Waals surface area (Å²) >= 11 is 3.24. The quantitative estimate of drug-likeness (QED) is 0.696. The number of hydrogen-bond acceptors (Lipinski definition) is 5. The molecule has 0 spiro atoms. The molecule has 0 aliphatic rings. The van der Waals surface area contributed by atoms with Crippen LogP contribution in [0.25, 0.3) is 0 Å². The summed E-state index contributed by atoms with van der Waals surface area (Å²) in [6.07, 6.45) is 3.64. The molecular weight excluding hydrogens is 326 g/mol. The molecule has 0 aliphatic heterocycles. The molecule has 0 saturated heterocycles. The molecule has 1 atom stereocenters. The van der Waals surface area contributed by atoms with Crippen LogP contribution in [0.15, 0.2) is 28.1 Å². The molecule has 7 heteroatoms. The molecule has 2 N–H and O–H groups in total. The van der Waals surface area contributed by atoms with Crippen LogP contribution in [0.1, 0.15) is 13.3 Å². The number of hydrogen-bond donors (Lipinski definition) is 2. The largest absolute Gasteiger partial charge is 0.388 e. The SMILES string of the molecule is C=CCn1ncc(NCC(C)(O)CCOC)c(Br)c1=O. The molecule has 0 radical (unpaired) electrons. The van der Waals surface area contributed by atoms with Crippen LogP contribution in [0.2, 0.25) is 0 Å². The van der Waals surface area contributed by atoms with E-state index in [9.17, 15) is 9.90 Å². The Morgan fingerprint density at radius 3 is 3.00 bits per heavy atom. The van der Waals surface area contributed by atoms with Crippen molar-refractivity contribution in [3.8, 4) is 0 Å². The van der Waals surface area contributed by atoms with E-state index in [4.69, 9.17) is 4.74 Å². The molecule has 6 nitrogen and oxygen atoms in total. The smallest absolute Gasteiger partial charge is 0.283 e. The van der Waals surface area contributed by atoms with E-state index in [0.29, 0.717) is 36.3 Å². The Hall–Kier alpha value is -1.18. The molecular formula is C13H20BrN3O3. The van der Waals surface area contributed by atoms with E-state index < -0.39 is 5.60 Å². The highest BCUT2D eigenvalue weighted by molar-refractivity contribution is 9.10. The number of ether oxygens (including phenoxy) is 1. The molecule has 1 aromatic heterocycles. The third-order valence-electron chi connectivity index (χ3n) is 2.79. The lowest BCUT2D eigenvalue weighted by Crippen LogP contribution is -2.35. The Morgan fingerprint density at radius 2 is 2.40 bits per heavy atom. The van der Waals surface area contributed by atoms with Crippen molar-refractivity contribution in [2.75, 3.05) is 25.6 Å². The van der Waals surface area contributed by atoms with Gasteiger partial charge >= 0.3 is 0 Å². The summed E-state index contributed by atoms with van der Waals surface area (Å²) in [5.74, 6) is 0. The van der Waals surface area contributed by atoms with Gasteiger partial charge in [-0.1, -0.05) is 6.08 Å². The number of nitrogens with one attached hydrogen (secondary N) is 1. The number of aliphatic hydroxyl groups is 1. The third kappa shape index (κ3) is 4.73. The molecule has 1 heterocycles. The number of allylic oxidation sites excluding steroid dienone is 1. The summed E-state index contributed by atoms with van der Waals surface area (Å²) in [4.78, 5) is 12.0. The van der Waals surface area contributed by atoms with E-state index in [1.54, 1.807) is 26.3 Å². The van der Waals surface area contributed by atoms with Crippen LogP contribution >= 0.6 is 15.9 Å². The zero-order valence-electron chi connectivity index (χ0n) is 11.7. The van der Waals surface area contributed by atoms with Crippen LogP contribution in [-0.4, -0.2) is 40.7 Å². The van der Waals surface area contributed by atoms with Gasteiger partial charge in [-0.25, -0.2) is 4.68 Å². The van der Waals surface area contributed by atoms with Gasteiger partial charge in [0.15, 0.2) is 0 Å². The lowest BCUT2D eigenvalue weighted by molar-refractivity contribution is 0.0357. The van der Waals surface area contributed by atoms with E-state index in [1.165, 1.54) is 4.68 Å². The summed E-state index contributed by atoms with van der Waals surface area (Å²) in [5, 5.41) is 17.2. The maximum Gasteiger partial charge on any atom is 0.283 e. The molecule has 0 saturated carbocycles. The van der Waals surface area contributed by atoms with Crippen molar-refractivity contribution in [1.29, 1.82) is 0 Å². The first-order valence-corrected chi connectivity index (χ1v) is 7.02. The highest BCUT2D eigenvalue weighted by Gasteiger charge is 2.20. The lowest BCUT2D eigenvalue weighted by atomic mass is 10.0. The van der Waals surface area contributed by atoms with Gasteiger partial charge in [-0.15, -0.1) is 6.58 Å². The fraction of sp³-hybridized carbons (Fsp3) is 0.538. The van der Waals surface area contributed by atoms with Gasteiger partial charge in [0.2, 0.25) is 0 Å². The zero-order valence-corrected chi connectivity index (χ0v) is 13.3. The van der Waals surface area contributed by atoms with E-state index in [1.807, 2.05) is 0 Å². The molecule has 1 rings (SSSR count). The first kappa shape index (κ1) is 16.9. The molecule has 0 aromatic carbocycles. The summed E-state index contributed by atoms with van der Waals surface area (Å²) in [6, 6.07) is 0. The van der Waals surface area contributed by atoms with E-state index in [2.05, 4.69) is 32.9 Å². The predicted octanol–water partition coefficient (Wildman–Crippen LogP) is 1.39. The fourth-order valence-electron chi connectivity index (χ4n) is 1.54. The Labute approximate surface area is 126 Å². The molecule has 1 aromatic rings. The van der Waals surface area contributed by atoms with Crippen molar-refractivity contribution in [3.63, 3.8) is 0 Å². The number of halogens is 1. The van der Waals surface area contributed by atoms with Gasteiger partial charge in [-0.05, 0) is 22.9 Å². The van der Waals surface area contributed by atoms with Crippen molar-refractivity contribution in [2.24, 2.45) is 0 Å². The van der Waals surface area contributed by atoms with E-state index in [-0.39, 0.29) is 5.56 Å². The summed E-state index contributed by atoms with van der Waals surface area (Å²) in [6.45, 7) is 6.39. The first-order valence-electron chi connectivity index (χ1n) is 6.23. The van der Waals surface area contributed by atoms with Crippen LogP contribution < -0.4 is 10.9 Å². The van der Waals surface area contributed by atoms with Gasteiger partial charge in [0.1, 0.15) is 4.47 Å². The molecule has 0 bridgehead atoms. The van der Waals surface area contributed by atoms with Gasteiger partial charge in [0.25, 0.3) is 5.56 Å². The average molecular weight is 346 g/mol. The number of aromatic nitrogens is 2. The maximum absolute atomic E-state index is 12.0. The zero-order chi connectivity index (χ0) is 15.2. The Balaban J connectivity index is 2.76. The standard InChI is InChI=1S/C13H20BrN3O3/c1-4-6-17-12(18)11(14)10(8-16-17)15-9-13(2,19)5-7-20-3/h4,8,15,19H,1,5-7,9H2,2-3H3. The van der Waals surface area contributed by atoms with Crippen molar-refractivity contribution in [3.05, 3.63) is 33.7 Å². The van der Waals surface area contributed by atoms with Crippen LogP contribution in [0, 0.1) is 0 Å². The van der Waals surface area contributed by atoms with Crippen molar-refractivity contribution in [2.45, 2.75) is 25.5 Å². The topological polar surface area (TPSA) is 76.4 Å². The Morgan fingerprint density at radius 1 is 1.70 bits per heavy atom. The lowest BCUT2D eigenvalue weighted by Gasteiger charge is -2.24. The second kappa shape index (κ2) is 7.56. The van der Waals surface area contributed by atoms with Crippen LogP contribution in [0.3, 0.4) is 0 Å². The maximum atomic E-state index is 12.0. The van der Waals surface area contributed by atoms with Gasteiger partial charge in [-0.2, -0.15) is 5.10 Å². The van der Waals surface area contributed by atoms with Gasteiger partial charge in [-0.3, -0.25) is 4.79 Å². The molecule has 20 heavy (non-hydrogen) atoms. The van der Waals surface area contributed by atoms with Crippen molar-refractivity contribution in [1.82, 2.24) is 9.78 Å². The second-order valence-corrected chi connectivity index (χ2v) is 5.53. The monoisotopic (exact) mass is 345 g/mol. The fourth-order valence-corrected chi connectivity index (χ4v) is 1.98. The van der Waals surface area contributed by atoms with Gasteiger partial charge in [0.05, 0.1) is 24.0 Å². The summed E-state index contributed by atoms with van der Waals surface area (Å²) in [5.41, 5.74) is -0.620. The van der Waals surface area contributed by atoms with Crippen molar-refractivity contribution < 1.29 is 9.84 Å². The Bertz CT molecular complexity index is 514. The van der Waals surface area contributed by atoms with E-state index in [0.717, 1.165) is 0 Å². The third-order valence-corrected chi connectivity index (χ3v) is 3.56.